The molecule has 2 aromatic heterocycles. The molecule has 16 heavy (non-hydrogen) atoms. The summed E-state index contributed by atoms with van der Waals surface area (Å²) in [5.41, 5.74) is 3.39. The van der Waals surface area contributed by atoms with Crippen molar-refractivity contribution in [3.8, 4) is 0 Å². The summed E-state index contributed by atoms with van der Waals surface area (Å²) in [5.74, 6) is 1.97. The molecular weight excluding hydrogens is 220 g/mol. The van der Waals surface area contributed by atoms with Crippen molar-refractivity contribution in [1.82, 2.24) is 9.38 Å². The van der Waals surface area contributed by atoms with E-state index in [1.54, 1.807) is 7.11 Å². The van der Waals surface area contributed by atoms with E-state index >= 15 is 0 Å². The first kappa shape index (κ1) is 11.5. The van der Waals surface area contributed by atoms with E-state index in [2.05, 4.69) is 28.6 Å². The molecule has 0 saturated heterocycles. The number of hydrogen-bond donors (Lipinski definition) is 0. The number of thioether (sulfide) groups is 1. The van der Waals surface area contributed by atoms with E-state index in [9.17, 15) is 0 Å². The first-order valence-electron chi connectivity index (χ1n) is 5.31. The topological polar surface area (TPSA) is 26.5 Å². The Balaban J connectivity index is 2.05. The smallest absolute Gasteiger partial charge is 0.137 e. The first-order chi connectivity index (χ1) is 7.81. The number of nitrogens with zero attached hydrogens (tertiary/aromatic N) is 2. The summed E-state index contributed by atoms with van der Waals surface area (Å²) >= 11 is 1.85. The molecule has 0 radical (unpaired) electrons. The summed E-state index contributed by atoms with van der Waals surface area (Å²) in [6.45, 7) is 2.90. The molecule has 0 fully saturated rings. The van der Waals surface area contributed by atoms with E-state index in [1.807, 2.05) is 23.9 Å². The molecule has 2 aromatic rings. The fourth-order valence-electron chi connectivity index (χ4n) is 1.59. The minimum atomic E-state index is 0.803. The number of rotatable bonds is 5. The van der Waals surface area contributed by atoms with Crippen LogP contribution in [0.3, 0.4) is 0 Å². The Hall–Kier alpha value is -1.00. The van der Waals surface area contributed by atoms with Gasteiger partial charge in [0.2, 0.25) is 0 Å². The van der Waals surface area contributed by atoms with Crippen LogP contribution in [-0.2, 0) is 10.5 Å². The third-order valence-electron chi connectivity index (χ3n) is 2.43. The molecule has 0 unspecified atom stereocenters. The minimum Gasteiger partial charge on any atom is -0.384 e. The molecule has 0 aliphatic heterocycles. The van der Waals surface area contributed by atoms with Crippen molar-refractivity contribution in [2.24, 2.45) is 0 Å². The molecule has 4 heteroatoms. The fourth-order valence-corrected chi connectivity index (χ4v) is 2.36. The van der Waals surface area contributed by atoms with Crippen LogP contribution in [0.1, 0.15) is 11.4 Å². The Morgan fingerprint density at radius 2 is 2.31 bits per heavy atom. The molecule has 0 bridgehead atoms. The molecule has 0 atom stereocenters. The molecule has 0 aliphatic rings. The fraction of sp³-hybridized carbons (Fsp3) is 0.417. The average molecular weight is 236 g/mol. The lowest BCUT2D eigenvalue weighted by molar-refractivity contribution is 0.218. The number of aryl methyl sites for hydroxylation is 1. The summed E-state index contributed by atoms with van der Waals surface area (Å²) < 4.78 is 7.14. The van der Waals surface area contributed by atoms with Crippen LogP contribution in [0.4, 0.5) is 0 Å². The zero-order valence-electron chi connectivity index (χ0n) is 9.64. The van der Waals surface area contributed by atoms with Gasteiger partial charge >= 0.3 is 0 Å². The maximum atomic E-state index is 5.01. The van der Waals surface area contributed by atoms with Crippen LogP contribution in [0.25, 0.3) is 5.65 Å². The van der Waals surface area contributed by atoms with Crippen molar-refractivity contribution in [1.29, 1.82) is 0 Å². The van der Waals surface area contributed by atoms with E-state index < -0.39 is 0 Å². The molecule has 2 rings (SSSR count). The van der Waals surface area contributed by atoms with E-state index in [4.69, 9.17) is 4.74 Å². The molecule has 2 heterocycles. The number of pyridine rings is 1. The van der Waals surface area contributed by atoms with Crippen molar-refractivity contribution in [2.75, 3.05) is 19.5 Å². The van der Waals surface area contributed by atoms with Crippen molar-refractivity contribution in [2.45, 2.75) is 12.7 Å². The van der Waals surface area contributed by atoms with Gasteiger partial charge in [0.1, 0.15) is 5.65 Å². The third kappa shape index (κ3) is 2.57. The Kier molecular flexibility index (Phi) is 3.85. The maximum absolute atomic E-state index is 5.01. The molecular formula is C12H16N2OS. The molecule has 0 saturated carbocycles. The highest BCUT2D eigenvalue weighted by Gasteiger charge is 2.02. The van der Waals surface area contributed by atoms with Crippen molar-refractivity contribution in [3.63, 3.8) is 0 Å². The van der Waals surface area contributed by atoms with Crippen LogP contribution in [0.2, 0.25) is 0 Å². The summed E-state index contributed by atoms with van der Waals surface area (Å²) in [5, 5.41) is 0. The van der Waals surface area contributed by atoms with Crippen LogP contribution >= 0.6 is 11.8 Å². The van der Waals surface area contributed by atoms with Gasteiger partial charge in [-0.1, -0.05) is 6.07 Å². The molecule has 3 nitrogen and oxygen atoms in total. The summed E-state index contributed by atoms with van der Waals surface area (Å²) in [4.78, 5) is 4.57. The van der Waals surface area contributed by atoms with E-state index in [0.29, 0.717) is 0 Å². The largest absolute Gasteiger partial charge is 0.384 e. The van der Waals surface area contributed by atoms with Crippen LogP contribution in [0.15, 0.2) is 24.4 Å². The predicted octanol–water partition coefficient (Wildman–Crippen LogP) is 2.52. The zero-order chi connectivity index (χ0) is 11.4. The molecule has 0 aliphatic carbocycles. The molecule has 86 valence electrons. The highest BCUT2D eigenvalue weighted by atomic mass is 32.2. The number of imidazole rings is 1. The van der Waals surface area contributed by atoms with E-state index in [1.165, 1.54) is 5.69 Å². The normalized spacial score (nSPS) is 11.1. The molecule has 0 spiro atoms. The monoisotopic (exact) mass is 236 g/mol. The van der Waals surface area contributed by atoms with Gasteiger partial charge in [0.15, 0.2) is 0 Å². The van der Waals surface area contributed by atoms with Gasteiger partial charge in [-0.2, -0.15) is 11.8 Å². The standard InChI is InChI=1S/C12H16N2OS/c1-10-4-3-5-12-13-11(8-14(10)12)9-16-7-6-15-2/h3-5,8H,6-7,9H2,1-2H3. The van der Waals surface area contributed by atoms with Gasteiger partial charge < -0.3 is 9.14 Å². The maximum Gasteiger partial charge on any atom is 0.137 e. The minimum absolute atomic E-state index is 0.803. The quantitative estimate of drug-likeness (QED) is 0.746. The third-order valence-corrected chi connectivity index (χ3v) is 3.38. The van der Waals surface area contributed by atoms with Crippen LogP contribution in [0.5, 0.6) is 0 Å². The van der Waals surface area contributed by atoms with E-state index in [-0.39, 0.29) is 0 Å². The number of ether oxygens (including phenoxy) is 1. The van der Waals surface area contributed by atoms with Gasteiger partial charge in [-0.15, -0.1) is 0 Å². The molecule has 0 aromatic carbocycles. The van der Waals surface area contributed by atoms with Gasteiger partial charge in [0, 0.05) is 30.5 Å². The molecule has 0 amide bonds. The van der Waals surface area contributed by atoms with Gasteiger partial charge in [0.05, 0.1) is 12.3 Å². The Labute approximate surface area is 99.8 Å². The van der Waals surface area contributed by atoms with Gasteiger partial charge in [0.25, 0.3) is 0 Å². The van der Waals surface area contributed by atoms with Gasteiger partial charge in [-0.3, -0.25) is 0 Å². The lowest BCUT2D eigenvalue weighted by atomic mass is 10.4. The van der Waals surface area contributed by atoms with Crippen LogP contribution in [0, 0.1) is 6.92 Å². The highest BCUT2D eigenvalue weighted by molar-refractivity contribution is 7.98. The van der Waals surface area contributed by atoms with Gasteiger partial charge in [-0.05, 0) is 19.1 Å². The Morgan fingerprint density at radius 3 is 3.06 bits per heavy atom. The van der Waals surface area contributed by atoms with Crippen molar-refractivity contribution in [3.05, 3.63) is 35.8 Å². The van der Waals surface area contributed by atoms with Crippen molar-refractivity contribution < 1.29 is 4.74 Å². The van der Waals surface area contributed by atoms with Crippen molar-refractivity contribution >= 4 is 17.4 Å². The average Bonchev–Trinajstić information content (AvgIpc) is 2.69. The number of fused-ring (bicyclic) bond motifs is 1. The second-order valence-corrected chi connectivity index (χ2v) is 4.78. The summed E-state index contributed by atoms with van der Waals surface area (Å²) in [7, 11) is 1.73. The van der Waals surface area contributed by atoms with E-state index in [0.717, 1.165) is 29.5 Å². The first-order valence-corrected chi connectivity index (χ1v) is 6.47. The molecule has 0 N–H and O–H groups in total. The predicted molar refractivity (Wildman–Crippen MR) is 68.0 cm³/mol. The van der Waals surface area contributed by atoms with Crippen LogP contribution < -0.4 is 0 Å². The second-order valence-electron chi connectivity index (χ2n) is 3.67. The highest BCUT2D eigenvalue weighted by Crippen LogP contribution is 2.14. The SMILES string of the molecule is COCCSCc1cn2c(C)cccc2n1. The zero-order valence-corrected chi connectivity index (χ0v) is 10.5. The number of methoxy groups -OCH3 is 1. The Bertz CT molecular complexity index is 467. The summed E-state index contributed by atoms with van der Waals surface area (Å²) in [6.07, 6.45) is 2.12. The number of aromatic nitrogens is 2. The lowest BCUT2D eigenvalue weighted by Crippen LogP contribution is -1.92. The summed E-state index contributed by atoms with van der Waals surface area (Å²) in [6, 6.07) is 6.17. The van der Waals surface area contributed by atoms with Gasteiger partial charge in [-0.25, -0.2) is 4.98 Å². The Morgan fingerprint density at radius 1 is 1.44 bits per heavy atom. The lowest BCUT2D eigenvalue weighted by Gasteiger charge is -1.97. The second kappa shape index (κ2) is 5.37. The van der Waals surface area contributed by atoms with Crippen LogP contribution in [-0.4, -0.2) is 28.9 Å². The number of hydrogen-bond acceptors (Lipinski definition) is 3.